The third-order valence-corrected chi connectivity index (χ3v) is 6.51. The van der Waals surface area contributed by atoms with Gasteiger partial charge in [0.2, 0.25) is 0 Å². The molecule has 2 N–H and O–H groups in total. The molecule has 7 nitrogen and oxygen atoms in total. The number of rotatable bonds is 5. The number of hydrogen-bond donors (Lipinski definition) is 2. The van der Waals surface area contributed by atoms with Crippen LogP contribution in [0, 0.1) is 0 Å². The largest absolute Gasteiger partial charge is 0.507 e. The van der Waals surface area contributed by atoms with E-state index < -0.39 is 17.7 Å². The van der Waals surface area contributed by atoms with Crippen molar-refractivity contribution in [3.63, 3.8) is 0 Å². The highest BCUT2D eigenvalue weighted by Crippen LogP contribution is 2.42. The summed E-state index contributed by atoms with van der Waals surface area (Å²) in [5.41, 5.74) is 0.928. The summed E-state index contributed by atoms with van der Waals surface area (Å²) in [6.45, 7) is 0.830. The molecule has 0 radical (unpaired) electrons. The lowest BCUT2D eigenvalue weighted by molar-refractivity contribution is -0.140. The highest BCUT2D eigenvalue weighted by atomic mass is 16.5. The Morgan fingerprint density at radius 2 is 1.88 bits per heavy atom. The van der Waals surface area contributed by atoms with Crippen molar-refractivity contribution in [3.8, 4) is 11.5 Å². The minimum Gasteiger partial charge on any atom is -0.507 e. The summed E-state index contributed by atoms with van der Waals surface area (Å²) < 4.78 is 10.9. The summed E-state index contributed by atoms with van der Waals surface area (Å²) in [4.78, 5) is 27.8. The fourth-order valence-corrected chi connectivity index (χ4v) is 4.79. The van der Waals surface area contributed by atoms with E-state index in [1.54, 1.807) is 24.3 Å². The molecule has 2 fully saturated rings. The topological polar surface area (TPSA) is 96.3 Å². The van der Waals surface area contributed by atoms with Gasteiger partial charge in [-0.1, -0.05) is 42.5 Å². The number of Topliss-reactive ketones (excluding diaryl/α,β-unsaturated/α-hetero) is 1. The Balaban J connectivity index is 1.65. The Morgan fingerprint density at radius 1 is 1.09 bits per heavy atom. The molecule has 2 aliphatic heterocycles. The van der Waals surface area contributed by atoms with Gasteiger partial charge in [-0.15, -0.1) is 0 Å². The standard InChI is InChI=1S/C27H25NO6/c1-33-22-11-10-18(14-21(22)29)24-23(26(31)27(32)28(24)15-20-7-4-12-34-20)25(30)19-9-8-16-5-2-3-6-17(16)13-19/h2-3,5-6,8-11,13-14,20,24,29-30H,4,7,12,15H2,1H3/b25-23-. The van der Waals surface area contributed by atoms with Crippen LogP contribution >= 0.6 is 0 Å². The van der Waals surface area contributed by atoms with E-state index >= 15 is 0 Å². The molecule has 1 amide bonds. The van der Waals surface area contributed by atoms with Gasteiger partial charge < -0.3 is 24.6 Å². The quantitative estimate of drug-likeness (QED) is 0.338. The number of benzene rings is 3. The lowest BCUT2D eigenvalue weighted by Gasteiger charge is -2.27. The summed E-state index contributed by atoms with van der Waals surface area (Å²) >= 11 is 0. The van der Waals surface area contributed by atoms with E-state index in [1.807, 2.05) is 30.3 Å². The number of carbonyl (C=O) groups excluding carboxylic acids is 2. The monoisotopic (exact) mass is 459 g/mol. The maximum Gasteiger partial charge on any atom is 0.295 e. The molecule has 34 heavy (non-hydrogen) atoms. The number of ether oxygens (including phenoxy) is 2. The minimum atomic E-state index is -0.868. The van der Waals surface area contributed by atoms with Crippen LogP contribution in [0.15, 0.2) is 66.2 Å². The number of amides is 1. The first kappa shape index (κ1) is 22.0. The van der Waals surface area contributed by atoms with Crippen LogP contribution < -0.4 is 4.74 Å². The van der Waals surface area contributed by atoms with Gasteiger partial charge in [-0.25, -0.2) is 0 Å². The molecule has 3 aromatic carbocycles. The molecule has 2 atom stereocenters. The molecule has 174 valence electrons. The Morgan fingerprint density at radius 3 is 2.59 bits per heavy atom. The number of phenols is 1. The maximum absolute atomic E-state index is 13.2. The zero-order chi connectivity index (χ0) is 23.8. The van der Waals surface area contributed by atoms with Crippen molar-refractivity contribution in [2.75, 3.05) is 20.3 Å². The normalized spacial score (nSPS) is 22.0. The van der Waals surface area contributed by atoms with E-state index in [-0.39, 0.29) is 35.5 Å². The smallest absolute Gasteiger partial charge is 0.295 e. The number of ketones is 1. The van der Waals surface area contributed by atoms with Crippen LogP contribution in [-0.2, 0) is 14.3 Å². The van der Waals surface area contributed by atoms with Crippen LogP contribution in [0.25, 0.3) is 16.5 Å². The maximum atomic E-state index is 13.2. The lowest BCUT2D eigenvalue weighted by atomic mass is 9.94. The summed E-state index contributed by atoms with van der Waals surface area (Å²) in [6.07, 6.45) is 1.49. The molecule has 2 saturated heterocycles. The van der Waals surface area contributed by atoms with Crippen LogP contribution in [0.2, 0.25) is 0 Å². The van der Waals surface area contributed by atoms with Crippen molar-refractivity contribution in [1.82, 2.24) is 4.90 Å². The number of likely N-dealkylation sites (tertiary alicyclic amines) is 1. The van der Waals surface area contributed by atoms with Crippen molar-refractivity contribution >= 4 is 28.2 Å². The van der Waals surface area contributed by atoms with Crippen LogP contribution in [0.5, 0.6) is 11.5 Å². The number of carbonyl (C=O) groups is 2. The molecule has 0 spiro atoms. The molecule has 0 bridgehead atoms. The van der Waals surface area contributed by atoms with Crippen molar-refractivity contribution in [2.45, 2.75) is 25.0 Å². The number of aliphatic hydroxyl groups is 1. The zero-order valence-electron chi connectivity index (χ0n) is 18.7. The Kier molecular flexibility index (Phi) is 5.71. The molecule has 7 heteroatoms. The van der Waals surface area contributed by atoms with Crippen molar-refractivity contribution < 1.29 is 29.3 Å². The number of aliphatic hydroxyl groups excluding tert-OH is 1. The molecule has 0 aromatic heterocycles. The SMILES string of the molecule is COc1ccc(C2/C(=C(/O)c3ccc4ccccc4c3)C(=O)C(=O)N2CC2CCCO2)cc1O. The van der Waals surface area contributed by atoms with Gasteiger partial charge in [-0.2, -0.15) is 0 Å². The summed E-state index contributed by atoms with van der Waals surface area (Å²) in [7, 11) is 1.44. The van der Waals surface area contributed by atoms with Crippen LogP contribution in [0.3, 0.4) is 0 Å². The third kappa shape index (κ3) is 3.78. The molecule has 0 aliphatic carbocycles. The van der Waals surface area contributed by atoms with E-state index in [4.69, 9.17) is 9.47 Å². The van der Waals surface area contributed by atoms with Crippen LogP contribution in [0.1, 0.15) is 30.0 Å². The van der Waals surface area contributed by atoms with Crippen LogP contribution in [-0.4, -0.2) is 53.2 Å². The molecule has 0 saturated carbocycles. The van der Waals surface area contributed by atoms with Gasteiger partial charge in [0.15, 0.2) is 11.5 Å². The fourth-order valence-electron chi connectivity index (χ4n) is 4.79. The fraction of sp³-hybridized carbons (Fsp3) is 0.259. The van der Waals surface area contributed by atoms with Crippen LogP contribution in [0.4, 0.5) is 0 Å². The van der Waals surface area contributed by atoms with Gasteiger partial charge in [0.25, 0.3) is 11.7 Å². The van der Waals surface area contributed by atoms with Gasteiger partial charge in [0.1, 0.15) is 5.76 Å². The second-order valence-electron chi connectivity index (χ2n) is 8.58. The highest BCUT2D eigenvalue weighted by Gasteiger charge is 2.47. The zero-order valence-corrected chi connectivity index (χ0v) is 18.7. The van der Waals surface area contributed by atoms with E-state index in [0.717, 1.165) is 23.6 Å². The van der Waals surface area contributed by atoms with Gasteiger partial charge in [0, 0.05) is 18.7 Å². The second kappa shape index (κ2) is 8.83. The number of methoxy groups -OCH3 is 1. The van der Waals surface area contributed by atoms with Crippen molar-refractivity contribution in [3.05, 3.63) is 77.4 Å². The molecular weight excluding hydrogens is 434 g/mol. The third-order valence-electron chi connectivity index (χ3n) is 6.51. The predicted molar refractivity (Wildman–Crippen MR) is 127 cm³/mol. The molecule has 2 aliphatic rings. The van der Waals surface area contributed by atoms with E-state index in [1.165, 1.54) is 18.1 Å². The van der Waals surface area contributed by atoms with Gasteiger partial charge in [0.05, 0.1) is 24.8 Å². The lowest BCUT2D eigenvalue weighted by Crippen LogP contribution is -2.36. The van der Waals surface area contributed by atoms with E-state index in [2.05, 4.69) is 0 Å². The number of fused-ring (bicyclic) bond motifs is 1. The first-order chi connectivity index (χ1) is 16.5. The number of phenolic OH excluding ortho intramolecular Hbond substituents is 1. The predicted octanol–water partition coefficient (Wildman–Crippen LogP) is 4.15. The average molecular weight is 459 g/mol. The first-order valence-corrected chi connectivity index (χ1v) is 11.2. The summed E-state index contributed by atoms with van der Waals surface area (Å²) in [5, 5.41) is 23.6. The molecule has 5 rings (SSSR count). The molecule has 2 heterocycles. The molecular formula is C27H25NO6. The number of hydrogen-bond acceptors (Lipinski definition) is 6. The van der Waals surface area contributed by atoms with Gasteiger partial charge in [-0.05, 0) is 47.4 Å². The Hall–Kier alpha value is -3.84. The number of aromatic hydroxyl groups is 1. The van der Waals surface area contributed by atoms with Crippen molar-refractivity contribution in [1.29, 1.82) is 0 Å². The number of nitrogens with zero attached hydrogens (tertiary/aromatic N) is 1. The van der Waals surface area contributed by atoms with Gasteiger partial charge in [-0.3, -0.25) is 9.59 Å². The minimum absolute atomic E-state index is 0.0113. The first-order valence-electron chi connectivity index (χ1n) is 11.2. The van der Waals surface area contributed by atoms with Gasteiger partial charge >= 0.3 is 0 Å². The molecule has 2 unspecified atom stereocenters. The summed E-state index contributed by atoms with van der Waals surface area (Å²) in [6, 6.07) is 16.9. The van der Waals surface area contributed by atoms with E-state index in [0.29, 0.717) is 17.7 Å². The molecule has 3 aromatic rings. The Bertz CT molecular complexity index is 1310. The second-order valence-corrected chi connectivity index (χ2v) is 8.58. The highest BCUT2D eigenvalue weighted by molar-refractivity contribution is 6.46. The Labute approximate surface area is 196 Å². The van der Waals surface area contributed by atoms with Crippen molar-refractivity contribution in [2.24, 2.45) is 0 Å². The van der Waals surface area contributed by atoms with E-state index in [9.17, 15) is 19.8 Å². The average Bonchev–Trinajstić information content (AvgIpc) is 3.45. The summed E-state index contributed by atoms with van der Waals surface area (Å²) in [5.74, 6) is -1.55.